The highest BCUT2D eigenvalue weighted by Gasteiger charge is 1.92. The molecule has 0 rings (SSSR count). The van der Waals surface area contributed by atoms with Gasteiger partial charge in [0.15, 0.2) is 0 Å². The molecule has 0 saturated carbocycles. The fraction of sp³-hybridized carbons (Fsp3) is 0.727. The predicted octanol–water partition coefficient (Wildman–Crippen LogP) is 1.26. The van der Waals surface area contributed by atoms with Gasteiger partial charge in [0.2, 0.25) is 0 Å². The van der Waals surface area contributed by atoms with E-state index >= 15 is 0 Å². The smallest absolute Gasteiger partial charge is 0.0138 e. The molecule has 0 aliphatic carbocycles. The first-order valence-electron chi connectivity index (χ1n) is 4.91. The third-order valence-corrected chi connectivity index (χ3v) is 0.889. The van der Waals surface area contributed by atoms with Crippen LogP contribution >= 0.6 is 0 Å². The van der Waals surface area contributed by atoms with Crippen LogP contribution in [0.1, 0.15) is 20.8 Å². The summed E-state index contributed by atoms with van der Waals surface area (Å²) in [7, 11) is 4.03. The molecule has 0 saturated heterocycles. The number of hydrogen-bond donors (Lipinski definition) is 2. The van der Waals surface area contributed by atoms with Gasteiger partial charge in [-0.15, -0.1) is 6.58 Å². The Morgan fingerprint density at radius 1 is 1.36 bits per heavy atom. The summed E-state index contributed by atoms with van der Waals surface area (Å²) in [5.74, 6) is 0. The first-order valence-corrected chi connectivity index (χ1v) is 4.91. The molecule has 3 heteroatoms. The van der Waals surface area contributed by atoms with Crippen LogP contribution in [-0.2, 0) is 0 Å². The topological polar surface area (TPSA) is 55.3 Å². The number of hydrogen-bond acceptors (Lipinski definition) is 3. The van der Waals surface area contributed by atoms with Crippen LogP contribution in [0.15, 0.2) is 12.7 Å². The second kappa shape index (κ2) is 18.4. The lowest BCUT2D eigenvalue weighted by molar-refractivity contribution is 0.383. The van der Waals surface area contributed by atoms with Crippen molar-refractivity contribution in [2.75, 3.05) is 27.2 Å². The van der Waals surface area contributed by atoms with Gasteiger partial charge < -0.3 is 16.4 Å². The Morgan fingerprint density at radius 3 is 1.64 bits per heavy atom. The van der Waals surface area contributed by atoms with Gasteiger partial charge >= 0.3 is 0 Å². The van der Waals surface area contributed by atoms with E-state index < -0.39 is 0 Å². The molecular formula is C11H28N3. The highest BCUT2D eigenvalue weighted by atomic mass is 15.1. The molecule has 1 radical (unpaired) electrons. The van der Waals surface area contributed by atoms with Gasteiger partial charge in [0.1, 0.15) is 0 Å². The molecule has 0 bridgehead atoms. The lowest BCUT2D eigenvalue weighted by atomic mass is 10.3. The fourth-order valence-corrected chi connectivity index (χ4v) is 0.576. The predicted molar refractivity (Wildman–Crippen MR) is 67.1 cm³/mol. The van der Waals surface area contributed by atoms with Gasteiger partial charge in [0.25, 0.3) is 0 Å². The minimum atomic E-state index is 0.301. The first-order chi connectivity index (χ1) is 6.45. The Balaban J connectivity index is -0.000000147. The summed E-state index contributed by atoms with van der Waals surface area (Å²) in [6.07, 6.45) is 3.65. The van der Waals surface area contributed by atoms with Gasteiger partial charge in [-0.2, -0.15) is 0 Å². The lowest BCUT2D eigenvalue weighted by Gasteiger charge is -2.11. The molecule has 0 aliphatic rings. The zero-order valence-corrected chi connectivity index (χ0v) is 10.5. The summed E-state index contributed by atoms with van der Waals surface area (Å²) in [6, 6.07) is 0.301. The number of nitrogens with two attached hydrogens (primary N) is 2. The van der Waals surface area contributed by atoms with Gasteiger partial charge in [-0.3, -0.25) is 0 Å². The normalized spacial score (nSPS) is 10.6. The van der Waals surface area contributed by atoms with Crippen molar-refractivity contribution in [3.05, 3.63) is 19.1 Å². The third-order valence-electron chi connectivity index (χ3n) is 0.889. The van der Waals surface area contributed by atoms with Crippen LogP contribution < -0.4 is 11.5 Å². The standard InChI is InChI=1S/C5H14N2.C3H8N.C3H6/c1-5(6)4-7(2)3;1-2-3-4;1-3-2/h5H,4,6H2,1-3H3;2H,3-4H2,1H3;3H,1H2,2H3. The van der Waals surface area contributed by atoms with Crippen molar-refractivity contribution in [1.82, 2.24) is 4.90 Å². The monoisotopic (exact) mass is 202 g/mol. The van der Waals surface area contributed by atoms with Crippen molar-refractivity contribution in [1.29, 1.82) is 0 Å². The van der Waals surface area contributed by atoms with E-state index in [4.69, 9.17) is 11.5 Å². The van der Waals surface area contributed by atoms with E-state index in [1.165, 1.54) is 0 Å². The molecule has 0 aromatic heterocycles. The Bertz CT molecular complexity index is 82.5. The fourth-order valence-electron chi connectivity index (χ4n) is 0.576. The maximum atomic E-state index is 5.45. The summed E-state index contributed by atoms with van der Waals surface area (Å²) >= 11 is 0. The highest BCUT2D eigenvalue weighted by molar-refractivity contribution is 4.54. The van der Waals surface area contributed by atoms with Crippen molar-refractivity contribution in [3.8, 4) is 0 Å². The number of allylic oxidation sites excluding steroid dienone is 1. The van der Waals surface area contributed by atoms with Gasteiger partial charge in [0.05, 0.1) is 0 Å². The molecule has 1 atom stereocenters. The van der Waals surface area contributed by atoms with Crippen molar-refractivity contribution in [3.63, 3.8) is 0 Å². The SMILES string of the molecule is C=CC.CC(N)CN(C)C.C[CH]CN. The second-order valence-corrected chi connectivity index (χ2v) is 3.29. The molecule has 0 aliphatic heterocycles. The van der Waals surface area contributed by atoms with Gasteiger partial charge in [-0.1, -0.05) is 13.0 Å². The largest absolute Gasteiger partial charge is 0.330 e. The Kier molecular flexibility index (Phi) is 25.3. The van der Waals surface area contributed by atoms with Crippen molar-refractivity contribution >= 4 is 0 Å². The average Bonchev–Trinajstić information content (AvgIpc) is 2.04. The molecule has 0 fully saturated rings. The van der Waals surface area contributed by atoms with Gasteiger partial charge in [-0.05, 0) is 40.9 Å². The Hall–Kier alpha value is -0.380. The van der Waals surface area contributed by atoms with Crippen LogP contribution in [0.2, 0.25) is 0 Å². The molecule has 0 aromatic rings. The molecule has 4 N–H and O–H groups in total. The van der Waals surface area contributed by atoms with Gasteiger partial charge in [-0.25, -0.2) is 0 Å². The molecule has 87 valence electrons. The highest BCUT2D eigenvalue weighted by Crippen LogP contribution is 1.76. The van der Waals surface area contributed by atoms with Crippen molar-refractivity contribution < 1.29 is 0 Å². The van der Waals surface area contributed by atoms with E-state index in [1.54, 1.807) is 6.08 Å². The summed E-state index contributed by atoms with van der Waals surface area (Å²) in [4.78, 5) is 2.07. The molecule has 14 heavy (non-hydrogen) atoms. The van der Waals surface area contributed by atoms with E-state index in [2.05, 4.69) is 11.5 Å². The zero-order valence-electron chi connectivity index (χ0n) is 10.5. The maximum absolute atomic E-state index is 5.45. The summed E-state index contributed by atoms with van der Waals surface area (Å²) in [6.45, 7) is 10.8. The summed E-state index contributed by atoms with van der Waals surface area (Å²) in [5.41, 5.74) is 10.4. The molecule has 0 spiro atoms. The average molecular weight is 202 g/mol. The van der Waals surface area contributed by atoms with Gasteiger partial charge in [0, 0.05) is 12.6 Å². The van der Waals surface area contributed by atoms with E-state index in [9.17, 15) is 0 Å². The van der Waals surface area contributed by atoms with Crippen LogP contribution in [0.25, 0.3) is 0 Å². The third kappa shape index (κ3) is 61.4. The second-order valence-electron chi connectivity index (χ2n) is 3.29. The van der Waals surface area contributed by atoms with Crippen molar-refractivity contribution in [2.45, 2.75) is 26.8 Å². The summed E-state index contributed by atoms with van der Waals surface area (Å²) in [5, 5.41) is 0. The number of nitrogens with zero attached hydrogens (tertiary/aromatic N) is 1. The molecule has 3 nitrogen and oxygen atoms in total. The Labute approximate surface area is 90.2 Å². The zero-order chi connectivity index (χ0) is 12.0. The first kappa shape index (κ1) is 19.2. The molecule has 0 heterocycles. The maximum Gasteiger partial charge on any atom is 0.0138 e. The van der Waals surface area contributed by atoms with Crippen LogP contribution in [0.4, 0.5) is 0 Å². The lowest BCUT2D eigenvalue weighted by Crippen LogP contribution is -2.29. The molecule has 0 aromatic carbocycles. The summed E-state index contributed by atoms with van der Waals surface area (Å²) < 4.78 is 0. The van der Waals surface area contributed by atoms with Crippen LogP contribution in [0.5, 0.6) is 0 Å². The quantitative estimate of drug-likeness (QED) is 0.677. The Morgan fingerprint density at radius 2 is 1.64 bits per heavy atom. The van der Waals surface area contributed by atoms with E-state index in [0.717, 1.165) is 6.54 Å². The van der Waals surface area contributed by atoms with E-state index in [-0.39, 0.29) is 0 Å². The van der Waals surface area contributed by atoms with Crippen LogP contribution in [0.3, 0.4) is 0 Å². The minimum absolute atomic E-state index is 0.301. The molecular weight excluding hydrogens is 174 g/mol. The van der Waals surface area contributed by atoms with E-state index in [1.807, 2.05) is 41.3 Å². The van der Waals surface area contributed by atoms with Crippen LogP contribution in [0, 0.1) is 6.42 Å². The number of likely N-dealkylation sites (N-methyl/N-ethyl adjacent to an activating group) is 1. The molecule has 1 unspecified atom stereocenters. The van der Waals surface area contributed by atoms with Crippen molar-refractivity contribution in [2.24, 2.45) is 11.5 Å². The molecule has 0 amide bonds. The minimum Gasteiger partial charge on any atom is -0.330 e. The van der Waals surface area contributed by atoms with Crippen LogP contribution in [-0.4, -0.2) is 38.1 Å². The van der Waals surface area contributed by atoms with E-state index in [0.29, 0.717) is 12.6 Å². The number of rotatable bonds is 3.